The van der Waals surface area contributed by atoms with Crippen LogP contribution in [0.4, 0.5) is 4.79 Å². The van der Waals surface area contributed by atoms with Crippen molar-refractivity contribution >= 4 is 23.8 Å². The molecule has 1 aromatic heterocycles. The minimum absolute atomic E-state index is 0.218. The molecule has 3 heterocycles. The summed E-state index contributed by atoms with van der Waals surface area (Å²) >= 11 is 0. The van der Waals surface area contributed by atoms with Crippen molar-refractivity contribution in [2.45, 2.75) is 12.5 Å². The predicted octanol–water partition coefficient (Wildman–Crippen LogP) is 0.727. The molecule has 5 amide bonds. The average molecular weight is 410 g/mol. The number of imide groups is 1. The minimum atomic E-state index is -0.671. The van der Waals surface area contributed by atoms with Gasteiger partial charge in [0.25, 0.3) is 11.8 Å². The van der Waals surface area contributed by atoms with Gasteiger partial charge in [-0.25, -0.2) is 4.79 Å². The molecule has 2 aliphatic rings. The summed E-state index contributed by atoms with van der Waals surface area (Å²) in [6.07, 6.45) is 1.82. The van der Waals surface area contributed by atoms with E-state index in [1.54, 1.807) is 21.9 Å². The quantitative estimate of drug-likeness (QED) is 0.732. The normalized spacial score (nSPS) is 19.2. The van der Waals surface area contributed by atoms with Crippen LogP contribution in [0.15, 0.2) is 53.1 Å². The third-order valence-electron chi connectivity index (χ3n) is 5.33. The third kappa shape index (κ3) is 4.05. The first-order chi connectivity index (χ1) is 14.5. The number of benzene rings is 1. The van der Waals surface area contributed by atoms with Crippen molar-refractivity contribution in [3.05, 3.63) is 60.1 Å². The Bertz CT molecular complexity index is 936. The molecule has 0 bridgehead atoms. The Labute approximate surface area is 173 Å². The van der Waals surface area contributed by atoms with Crippen molar-refractivity contribution in [3.8, 4) is 0 Å². The molecule has 30 heavy (non-hydrogen) atoms. The fraction of sp³-hybridized carbons (Fsp3) is 0.333. The van der Waals surface area contributed by atoms with Crippen molar-refractivity contribution in [3.63, 3.8) is 0 Å². The lowest BCUT2D eigenvalue weighted by atomic mass is 10.1. The van der Waals surface area contributed by atoms with Gasteiger partial charge in [-0.15, -0.1) is 0 Å². The zero-order valence-electron chi connectivity index (χ0n) is 16.3. The molecule has 9 heteroatoms. The van der Waals surface area contributed by atoms with Crippen LogP contribution in [0.25, 0.3) is 0 Å². The van der Waals surface area contributed by atoms with Crippen LogP contribution in [0, 0.1) is 0 Å². The summed E-state index contributed by atoms with van der Waals surface area (Å²) in [5, 5.41) is 2.65. The molecule has 9 nitrogen and oxygen atoms in total. The highest BCUT2D eigenvalue weighted by atomic mass is 16.3. The first-order valence-corrected chi connectivity index (χ1v) is 9.79. The lowest BCUT2D eigenvalue weighted by molar-refractivity contribution is -0.138. The highest BCUT2D eigenvalue weighted by Crippen LogP contribution is 2.14. The summed E-state index contributed by atoms with van der Waals surface area (Å²) in [6, 6.07) is 11.4. The number of hydrogen-bond acceptors (Lipinski definition) is 5. The van der Waals surface area contributed by atoms with E-state index in [1.807, 2.05) is 30.3 Å². The van der Waals surface area contributed by atoms with Crippen molar-refractivity contribution in [2.24, 2.45) is 0 Å². The maximum atomic E-state index is 12.6. The Balaban J connectivity index is 1.30. The summed E-state index contributed by atoms with van der Waals surface area (Å²) in [7, 11) is 0. The second-order valence-electron chi connectivity index (χ2n) is 7.27. The Kier molecular flexibility index (Phi) is 5.51. The lowest BCUT2D eigenvalue weighted by Crippen LogP contribution is -2.53. The van der Waals surface area contributed by atoms with E-state index < -0.39 is 18.0 Å². The topological polar surface area (TPSA) is 103 Å². The molecule has 2 fully saturated rings. The number of urea groups is 1. The fourth-order valence-corrected chi connectivity index (χ4v) is 3.67. The molecular weight excluding hydrogens is 388 g/mol. The molecule has 2 aromatic rings. The summed E-state index contributed by atoms with van der Waals surface area (Å²) < 4.78 is 5.13. The molecule has 2 saturated heterocycles. The van der Waals surface area contributed by atoms with Crippen LogP contribution < -0.4 is 5.32 Å². The molecule has 2 aliphatic heterocycles. The minimum Gasteiger partial charge on any atom is -0.459 e. The van der Waals surface area contributed by atoms with Gasteiger partial charge in [-0.2, -0.15) is 0 Å². The van der Waals surface area contributed by atoms with Crippen LogP contribution in [-0.2, 0) is 16.0 Å². The molecule has 4 rings (SSSR count). The van der Waals surface area contributed by atoms with E-state index in [1.165, 1.54) is 6.26 Å². The van der Waals surface area contributed by atoms with Gasteiger partial charge in [-0.3, -0.25) is 19.3 Å². The lowest BCUT2D eigenvalue weighted by Gasteiger charge is -2.34. The first-order valence-electron chi connectivity index (χ1n) is 9.79. The second kappa shape index (κ2) is 8.40. The molecular formula is C21H22N4O5. The maximum Gasteiger partial charge on any atom is 0.325 e. The zero-order valence-corrected chi connectivity index (χ0v) is 16.3. The van der Waals surface area contributed by atoms with Crippen LogP contribution in [0.5, 0.6) is 0 Å². The largest absolute Gasteiger partial charge is 0.459 e. The summed E-state index contributed by atoms with van der Waals surface area (Å²) in [4.78, 5) is 54.0. The SMILES string of the molecule is O=C(CN1C(=O)N[C@@H](Cc2ccccc2)C1=O)N1CCN(C(=O)c2ccco2)CC1. The number of amides is 5. The standard InChI is InChI=1S/C21H22N4O5/c26-18(23-8-10-24(11-9-23)20(28)17-7-4-12-30-17)14-25-19(27)16(22-21(25)29)13-15-5-2-1-3-6-15/h1-7,12,16H,8-11,13-14H2,(H,22,29)/t16-/m0/s1. The molecule has 1 atom stereocenters. The number of hydrogen-bond donors (Lipinski definition) is 1. The smallest absolute Gasteiger partial charge is 0.325 e. The zero-order chi connectivity index (χ0) is 21.1. The molecule has 0 aliphatic carbocycles. The maximum absolute atomic E-state index is 12.6. The van der Waals surface area contributed by atoms with Gasteiger partial charge in [0.1, 0.15) is 12.6 Å². The molecule has 0 radical (unpaired) electrons. The van der Waals surface area contributed by atoms with Crippen molar-refractivity contribution in [1.29, 1.82) is 0 Å². The fourth-order valence-electron chi connectivity index (χ4n) is 3.67. The van der Waals surface area contributed by atoms with Crippen LogP contribution in [0.1, 0.15) is 16.1 Å². The number of piperazine rings is 1. The molecule has 0 unspecified atom stereocenters. The average Bonchev–Trinajstić information content (AvgIpc) is 3.39. The molecule has 1 N–H and O–H groups in total. The Morgan fingerprint density at radius 2 is 1.67 bits per heavy atom. The number of furan rings is 1. The third-order valence-corrected chi connectivity index (χ3v) is 5.33. The van der Waals surface area contributed by atoms with Crippen LogP contribution in [0.3, 0.4) is 0 Å². The van der Waals surface area contributed by atoms with Gasteiger partial charge >= 0.3 is 6.03 Å². The van der Waals surface area contributed by atoms with E-state index in [-0.39, 0.29) is 24.1 Å². The van der Waals surface area contributed by atoms with E-state index in [0.29, 0.717) is 32.6 Å². The summed E-state index contributed by atoms with van der Waals surface area (Å²) in [5.74, 6) is -0.670. The summed E-state index contributed by atoms with van der Waals surface area (Å²) in [5.41, 5.74) is 0.932. The van der Waals surface area contributed by atoms with Crippen molar-refractivity contribution in [1.82, 2.24) is 20.0 Å². The number of nitrogens with one attached hydrogen (secondary N) is 1. The van der Waals surface area contributed by atoms with Gasteiger partial charge in [0.05, 0.1) is 6.26 Å². The van der Waals surface area contributed by atoms with Crippen LogP contribution in [0.2, 0.25) is 0 Å². The van der Waals surface area contributed by atoms with Crippen LogP contribution in [-0.4, -0.2) is 77.2 Å². The van der Waals surface area contributed by atoms with Crippen molar-refractivity contribution < 1.29 is 23.6 Å². The Morgan fingerprint density at radius 1 is 0.967 bits per heavy atom. The number of nitrogens with zero attached hydrogens (tertiary/aromatic N) is 3. The first kappa shape index (κ1) is 19.7. The Morgan fingerprint density at radius 3 is 2.33 bits per heavy atom. The van der Waals surface area contributed by atoms with E-state index in [2.05, 4.69) is 5.32 Å². The monoisotopic (exact) mass is 410 g/mol. The molecule has 156 valence electrons. The van der Waals surface area contributed by atoms with Gasteiger partial charge in [0.2, 0.25) is 5.91 Å². The molecule has 0 saturated carbocycles. The van der Waals surface area contributed by atoms with E-state index in [9.17, 15) is 19.2 Å². The summed E-state index contributed by atoms with van der Waals surface area (Å²) in [6.45, 7) is 1.09. The second-order valence-corrected chi connectivity index (χ2v) is 7.27. The van der Waals surface area contributed by atoms with Gasteiger partial charge in [0, 0.05) is 32.6 Å². The molecule has 0 spiro atoms. The Hall–Kier alpha value is -3.62. The highest BCUT2D eigenvalue weighted by molar-refractivity contribution is 6.06. The number of carbonyl (C=O) groups is 4. The number of rotatable bonds is 5. The van der Waals surface area contributed by atoms with E-state index in [4.69, 9.17) is 4.42 Å². The number of carbonyl (C=O) groups excluding carboxylic acids is 4. The van der Waals surface area contributed by atoms with Gasteiger partial charge < -0.3 is 19.5 Å². The van der Waals surface area contributed by atoms with Gasteiger partial charge in [-0.1, -0.05) is 30.3 Å². The molecule has 1 aromatic carbocycles. The highest BCUT2D eigenvalue weighted by Gasteiger charge is 2.39. The van der Waals surface area contributed by atoms with E-state index in [0.717, 1.165) is 10.5 Å². The van der Waals surface area contributed by atoms with Gasteiger partial charge in [0.15, 0.2) is 5.76 Å². The van der Waals surface area contributed by atoms with Gasteiger partial charge in [-0.05, 0) is 17.7 Å². The van der Waals surface area contributed by atoms with Crippen molar-refractivity contribution in [2.75, 3.05) is 32.7 Å². The predicted molar refractivity (Wildman–Crippen MR) is 105 cm³/mol. The van der Waals surface area contributed by atoms with E-state index >= 15 is 0 Å². The van der Waals surface area contributed by atoms with Crippen LogP contribution >= 0.6 is 0 Å².